The van der Waals surface area contributed by atoms with Crippen molar-refractivity contribution >= 4 is 29.5 Å². The molecule has 1 fully saturated rings. The predicted octanol–water partition coefficient (Wildman–Crippen LogP) is 5.41. The van der Waals surface area contributed by atoms with E-state index in [1.807, 2.05) is 48.5 Å². The Bertz CT molecular complexity index is 1620. The zero-order valence-electron chi connectivity index (χ0n) is 23.0. The van der Waals surface area contributed by atoms with Crippen molar-refractivity contribution in [2.45, 2.75) is 43.1 Å². The molecule has 0 radical (unpaired) electrons. The van der Waals surface area contributed by atoms with Crippen LogP contribution in [0.2, 0.25) is 0 Å². The number of thioether (sulfide) groups is 1. The first kappa shape index (κ1) is 28.8. The van der Waals surface area contributed by atoms with Gasteiger partial charge in [0.1, 0.15) is 5.03 Å². The van der Waals surface area contributed by atoms with Crippen LogP contribution in [0.1, 0.15) is 72.1 Å². The lowest BCUT2D eigenvalue weighted by Gasteiger charge is -2.36. The Balaban J connectivity index is 1.19. The van der Waals surface area contributed by atoms with Gasteiger partial charge in [-0.05, 0) is 41.0 Å². The maximum atomic E-state index is 12.8. The molecule has 2 N–H and O–H groups in total. The third-order valence-corrected chi connectivity index (χ3v) is 8.63. The van der Waals surface area contributed by atoms with Crippen molar-refractivity contribution in [1.29, 1.82) is 0 Å². The molecule has 218 valence electrons. The summed E-state index contributed by atoms with van der Waals surface area (Å²) in [5.74, 6) is -1.19. The summed E-state index contributed by atoms with van der Waals surface area (Å²) in [5.41, 5.74) is 4.25. The minimum absolute atomic E-state index is 0.0557. The fraction of sp³-hybridized carbons (Fsp3) is 0.212. The summed E-state index contributed by atoms with van der Waals surface area (Å²) in [7, 11) is 0. The maximum absolute atomic E-state index is 12.8. The van der Waals surface area contributed by atoms with Gasteiger partial charge in [-0.15, -0.1) is 11.8 Å². The molecule has 0 unspecified atom stereocenters. The number of aromatic nitrogens is 1. The number of hydrogen-bond donors (Lipinski definition) is 2. The molecule has 9 nitrogen and oxygen atoms in total. The van der Waals surface area contributed by atoms with Crippen molar-refractivity contribution in [3.63, 3.8) is 0 Å². The van der Waals surface area contributed by atoms with Crippen LogP contribution in [-0.2, 0) is 22.6 Å². The first-order valence-corrected chi connectivity index (χ1v) is 14.8. The van der Waals surface area contributed by atoms with Gasteiger partial charge in [0.25, 0.3) is 11.8 Å². The number of benzene rings is 3. The van der Waals surface area contributed by atoms with E-state index in [2.05, 4.69) is 4.98 Å². The Labute approximate surface area is 252 Å². The molecule has 3 heterocycles. The molecule has 6 rings (SSSR count). The molecule has 10 heteroatoms. The number of hydrogen-bond acceptors (Lipinski definition) is 8. The van der Waals surface area contributed by atoms with Crippen molar-refractivity contribution < 1.29 is 34.1 Å². The number of aliphatic hydroxyl groups excluding tert-OH is 1. The monoisotopic (exact) mass is 596 g/mol. The van der Waals surface area contributed by atoms with Crippen LogP contribution in [0.15, 0.2) is 96.2 Å². The lowest BCUT2D eigenvalue weighted by atomic mass is 10.0. The van der Waals surface area contributed by atoms with Crippen LogP contribution in [0.3, 0.4) is 0 Å². The normalized spacial score (nSPS) is 19.8. The molecule has 2 aliphatic rings. The number of aromatic carboxylic acids is 1. The van der Waals surface area contributed by atoms with Gasteiger partial charge in [-0.25, -0.2) is 9.78 Å². The highest BCUT2D eigenvalue weighted by atomic mass is 32.2. The Morgan fingerprint density at radius 1 is 0.860 bits per heavy atom. The van der Waals surface area contributed by atoms with Crippen molar-refractivity contribution in [3.05, 3.63) is 130 Å². The maximum Gasteiger partial charge on any atom is 0.338 e. The van der Waals surface area contributed by atoms with Gasteiger partial charge in [0.15, 0.2) is 6.29 Å². The molecular weight excluding hydrogens is 568 g/mol. The highest BCUT2D eigenvalue weighted by Gasteiger charge is 2.36. The van der Waals surface area contributed by atoms with Crippen LogP contribution in [0.4, 0.5) is 0 Å². The number of aliphatic hydroxyl groups is 1. The van der Waals surface area contributed by atoms with Gasteiger partial charge in [-0.3, -0.25) is 14.5 Å². The summed E-state index contributed by atoms with van der Waals surface area (Å²) in [6.45, 7) is 0.0912. The predicted molar refractivity (Wildman–Crippen MR) is 157 cm³/mol. The number of rotatable bonds is 9. The molecule has 0 bridgehead atoms. The van der Waals surface area contributed by atoms with E-state index in [4.69, 9.17) is 9.47 Å². The molecule has 0 aliphatic carbocycles. The van der Waals surface area contributed by atoms with Gasteiger partial charge in [0.2, 0.25) is 0 Å². The van der Waals surface area contributed by atoms with E-state index in [0.717, 1.165) is 22.3 Å². The van der Waals surface area contributed by atoms with Crippen LogP contribution in [0.5, 0.6) is 0 Å². The van der Waals surface area contributed by atoms with Crippen molar-refractivity contribution in [3.8, 4) is 0 Å². The molecule has 3 atom stereocenters. The largest absolute Gasteiger partial charge is 0.478 e. The van der Waals surface area contributed by atoms with Crippen LogP contribution in [-0.4, -0.2) is 49.7 Å². The zero-order valence-corrected chi connectivity index (χ0v) is 23.8. The number of imide groups is 1. The zero-order chi connectivity index (χ0) is 29.9. The number of ether oxygens (including phenoxy) is 2. The third-order valence-electron chi connectivity index (χ3n) is 7.49. The molecule has 4 aromatic rings. The molecule has 1 aromatic heterocycles. The fourth-order valence-corrected chi connectivity index (χ4v) is 6.21. The lowest BCUT2D eigenvalue weighted by molar-refractivity contribution is -0.245. The number of carboxylic acids is 1. The number of carbonyl (C=O) groups excluding carboxylic acids is 2. The molecule has 0 spiro atoms. The fourth-order valence-electron chi connectivity index (χ4n) is 5.21. The first-order valence-electron chi connectivity index (χ1n) is 13.8. The van der Waals surface area contributed by atoms with Gasteiger partial charge in [0, 0.05) is 23.9 Å². The number of carbonyl (C=O) groups is 3. The molecule has 3 aromatic carbocycles. The topological polar surface area (TPSA) is 126 Å². The van der Waals surface area contributed by atoms with E-state index in [9.17, 15) is 24.6 Å². The van der Waals surface area contributed by atoms with E-state index in [1.54, 1.807) is 36.5 Å². The minimum Gasteiger partial charge on any atom is -0.478 e. The second-order valence-electron chi connectivity index (χ2n) is 10.3. The van der Waals surface area contributed by atoms with Gasteiger partial charge in [-0.2, -0.15) is 0 Å². The minimum atomic E-state index is -1.04. The summed E-state index contributed by atoms with van der Waals surface area (Å²) >= 11 is 1.32. The highest BCUT2D eigenvalue weighted by Crippen LogP contribution is 2.39. The average molecular weight is 597 g/mol. The summed E-state index contributed by atoms with van der Waals surface area (Å²) in [4.78, 5) is 42.8. The lowest BCUT2D eigenvalue weighted by Crippen LogP contribution is -2.31. The number of pyridine rings is 1. The molecule has 2 aliphatic heterocycles. The number of carboxylic acid groups (broad SMARTS) is 1. The summed E-state index contributed by atoms with van der Waals surface area (Å²) < 4.78 is 12.8. The average Bonchev–Trinajstić information content (AvgIpc) is 3.29. The van der Waals surface area contributed by atoms with Crippen LogP contribution >= 0.6 is 11.8 Å². The van der Waals surface area contributed by atoms with Gasteiger partial charge in [-0.1, -0.05) is 60.7 Å². The highest BCUT2D eigenvalue weighted by molar-refractivity contribution is 7.99. The van der Waals surface area contributed by atoms with Crippen LogP contribution in [0.25, 0.3) is 0 Å². The Morgan fingerprint density at radius 2 is 1.51 bits per heavy atom. The summed E-state index contributed by atoms with van der Waals surface area (Å²) in [6, 6.07) is 24.9. The summed E-state index contributed by atoms with van der Waals surface area (Å²) in [6.07, 6.45) is 0.801. The standard InChI is InChI=1S/C33H28N2O7S/c36-18-21-9-11-22(12-10-21)28-16-24(19-43-29-27(32(39)40)6-3-15-34-29)41-33(42-28)23-13-7-20(8-14-23)17-35-30(37)25-4-1-2-5-26(25)31(35)38/h1-15,24,28,33,36H,16-19H2,(H,39,40)/t24-,28+,33+/m0/s1. The Kier molecular flexibility index (Phi) is 8.35. The van der Waals surface area contributed by atoms with E-state index in [1.165, 1.54) is 22.7 Å². The van der Waals surface area contributed by atoms with Crippen molar-refractivity contribution in [1.82, 2.24) is 9.88 Å². The van der Waals surface area contributed by atoms with E-state index >= 15 is 0 Å². The SMILES string of the molecule is O=C(O)c1cccnc1SC[C@@H]1C[C@H](c2ccc(CO)cc2)O[C@H](c2ccc(CN3C(=O)c4ccccc4C3=O)cc2)O1. The van der Waals surface area contributed by atoms with Gasteiger partial charge >= 0.3 is 5.97 Å². The molecule has 0 saturated carbocycles. The third kappa shape index (κ3) is 6.09. The number of amides is 2. The molecule has 2 amide bonds. The quantitative estimate of drug-likeness (QED) is 0.193. The van der Waals surface area contributed by atoms with Crippen molar-refractivity contribution in [2.75, 3.05) is 5.75 Å². The molecule has 1 saturated heterocycles. The second kappa shape index (κ2) is 12.5. The Hall–Kier alpha value is -4.35. The Morgan fingerprint density at radius 3 is 2.16 bits per heavy atom. The van der Waals surface area contributed by atoms with E-state index in [-0.39, 0.29) is 42.7 Å². The smallest absolute Gasteiger partial charge is 0.338 e. The van der Waals surface area contributed by atoms with Crippen LogP contribution in [0, 0.1) is 0 Å². The molecule has 43 heavy (non-hydrogen) atoms. The van der Waals surface area contributed by atoms with E-state index < -0.39 is 12.3 Å². The second-order valence-corrected chi connectivity index (χ2v) is 11.3. The summed E-state index contributed by atoms with van der Waals surface area (Å²) in [5, 5.41) is 19.4. The van der Waals surface area contributed by atoms with Crippen molar-refractivity contribution in [2.24, 2.45) is 0 Å². The molecular formula is C33H28N2O7S. The van der Waals surface area contributed by atoms with Gasteiger partial charge in [0.05, 0.1) is 42.0 Å². The number of nitrogens with zero attached hydrogens (tertiary/aromatic N) is 2. The van der Waals surface area contributed by atoms with E-state index in [0.29, 0.717) is 28.3 Å². The number of fused-ring (bicyclic) bond motifs is 1. The van der Waals surface area contributed by atoms with Crippen LogP contribution < -0.4 is 0 Å². The first-order chi connectivity index (χ1) is 20.9. The van der Waals surface area contributed by atoms with Gasteiger partial charge < -0.3 is 19.7 Å².